The molecule has 2 rings (SSSR count). The van der Waals surface area contributed by atoms with Crippen molar-refractivity contribution in [1.82, 2.24) is 0 Å². The molecule has 1 amide bonds. The van der Waals surface area contributed by atoms with Crippen molar-refractivity contribution in [3.05, 3.63) is 54.1 Å². The van der Waals surface area contributed by atoms with Crippen LogP contribution in [0.4, 0.5) is 5.69 Å². The third kappa shape index (κ3) is 4.63. The lowest BCUT2D eigenvalue weighted by molar-refractivity contribution is -0.118. The maximum absolute atomic E-state index is 11.8. The second-order valence-corrected chi connectivity index (χ2v) is 4.48. The van der Waals surface area contributed by atoms with Gasteiger partial charge in [-0.15, -0.1) is 0 Å². The van der Waals surface area contributed by atoms with Gasteiger partial charge in [0, 0.05) is 11.3 Å². The molecule has 0 saturated carbocycles. The number of carbonyl (C=O) groups excluding carboxylic acids is 2. The normalized spacial score (nSPS) is 9.86. The van der Waals surface area contributed by atoms with E-state index in [1.165, 1.54) is 0 Å². The molecule has 0 aliphatic rings. The molecule has 5 heteroatoms. The van der Waals surface area contributed by atoms with Crippen molar-refractivity contribution in [3.63, 3.8) is 0 Å². The molecular formula is C17H17NO4. The first-order valence-electron chi connectivity index (χ1n) is 6.92. The first-order chi connectivity index (χ1) is 10.7. The molecule has 0 spiro atoms. The number of carbonyl (C=O) groups is 2. The fourth-order valence-corrected chi connectivity index (χ4v) is 1.82. The Kier molecular flexibility index (Phi) is 5.54. The van der Waals surface area contributed by atoms with Crippen LogP contribution in [0.1, 0.15) is 17.3 Å². The Bertz CT molecular complexity index is 637. The highest BCUT2D eigenvalue weighted by molar-refractivity contribution is 5.91. The van der Waals surface area contributed by atoms with Gasteiger partial charge < -0.3 is 14.8 Å². The zero-order valence-electron chi connectivity index (χ0n) is 12.2. The van der Waals surface area contributed by atoms with E-state index in [1.807, 2.05) is 6.92 Å². The second-order valence-electron chi connectivity index (χ2n) is 4.48. The molecule has 0 aliphatic carbocycles. The Morgan fingerprint density at radius 2 is 1.86 bits per heavy atom. The van der Waals surface area contributed by atoms with Gasteiger partial charge in [-0.25, -0.2) is 0 Å². The summed E-state index contributed by atoms with van der Waals surface area (Å²) in [5.41, 5.74) is 1.17. The minimum Gasteiger partial charge on any atom is -0.494 e. The number of aldehydes is 1. The fourth-order valence-electron chi connectivity index (χ4n) is 1.82. The SMILES string of the molecule is CCOc1ccc(NC(=O)COc2cccc(C=O)c2)cc1. The Balaban J connectivity index is 1.85. The molecule has 0 fully saturated rings. The van der Waals surface area contributed by atoms with Crippen LogP contribution in [0.25, 0.3) is 0 Å². The first kappa shape index (κ1) is 15.6. The third-order valence-electron chi connectivity index (χ3n) is 2.81. The molecule has 22 heavy (non-hydrogen) atoms. The predicted octanol–water partition coefficient (Wildman–Crippen LogP) is 2.92. The first-order valence-corrected chi connectivity index (χ1v) is 6.92. The van der Waals surface area contributed by atoms with Crippen molar-refractivity contribution in [2.75, 3.05) is 18.5 Å². The standard InChI is InChI=1S/C17H17NO4/c1-2-21-15-8-6-14(7-9-15)18-17(20)12-22-16-5-3-4-13(10-16)11-19/h3-11H,2,12H2,1H3,(H,18,20). The smallest absolute Gasteiger partial charge is 0.262 e. The highest BCUT2D eigenvalue weighted by Crippen LogP contribution is 2.16. The summed E-state index contributed by atoms with van der Waals surface area (Å²) >= 11 is 0. The van der Waals surface area contributed by atoms with Gasteiger partial charge in [-0.1, -0.05) is 12.1 Å². The van der Waals surface area contributed by atoms with E-state index in [0.717, 1.165) is 12.0 Å². The van der Waals surface area contributed by atoms with E-state index in [4.69, 9.17) is 9.47 Å². The van der Waals surface area contributed by atoms with Gasteiger partial charge in [-0.05, 0) is 43.3 Å². The van der Waals surface area contributed by atoms with Crippen LogP contribution in [-0.4, -0.2) is 25.4 Å². The highest BCUT2D eigenvalue weighted by atomic mass is 16.5. The van der Waals surface area contributed by atoms with Crippen LogP contribution >= 0.6 is 0 Å². The molecule has 0 saturated heterocycles. The third-order valence-corrected chi connectivity index (χ3v) is 2.81. The molecule has 114 valence electrons. The number of amides is 1. The molecule has 0 bridgehead atoms. The van der Waals surface area contributed by atoms with Gasteiger partial charge in [0.15, 0.2) is 6.61 Å². The van der Waals surface area contributed by atoms with Crippen LogP contribution in [0.2, 0.25) is 0 Å². The second kappa shape index (κ2) is 7.83. The molecule has 5 nitrogen and oxygen atoms in total. The number of ether oxygens (including phenoxy) is 2. The van der Waals surface area contributed by atoms with Crippen molar-refractivity contribution in [2.24, 2.45) is 0 Å². The monoisotopic (exact) mass is 299 g/mol. The summed E-state index contributed by atoms with van der Waals surface area (Å²) in [7, 11) is 0. The van der Waals surface area contributed by atoms with Gasteiger partial charge in [0.05, 0.1) is 6.61 Å². The van der Waals surface area contributed by atoms with E-state index in [9.17, 15) is 9.59 Å². The lowest BCUT2D eigenvalue weighted by atomic mass is 10.2. The van der Waals surface area contributed by atoms with Gasteiger partial charge in [0.1, 0.15) is 17.8 Å². The number of rotatable bonds is 7. The molecule has 0 unspecified atom stereocenters. The molecule has 0 aliphatic heterocycles. The summed E-state index contributed by atoms with van der Waals surface area (Å²) in [6, 6.07) is 13.7. The molecule has 2 aromatic carbocycles. The molecule has 1 N–H and O–H groups in total. The zero-order chi connectivity index (χ0) is 15.8. The minimum absolute atomic E-state index is 0.129. The molecule has 0 atom stereocenters. The van der Waals surface area contributed by atoms with Crippen LogP contribution in [-0.2, 0) is 4.79 Å². The van der Waals surface area contributed by atoms with Crippen LogP contribution in [0.3, 0.4) is 0 Å². The summed E-state index contributed by atoms with van der Waals surface area (Å²) in [6.07, 6.45) is 0.729. The topological polar surface area (TPSA) is 64.6 Å². The largest absolute Gasteiger partial charge is 0.494 e. The number of hydrogen-bond acceptors (Lipinski definition) is 4. The van der Waals surface area contributed by atoms with Crippen molar-refractivity contribution >= 4 is 17.9 Å². The minimum atomic E-state index is -0.277. The van der Waals surface area contributed by atoms with E-state index in [1.54, 1.807) is 48.5 Å². The summed E-state index contributed by atoms with van der Waals surface area (Å²) in [5.74, 6) is 0.953. The Hall–Kier alpha value is -2.82. The van der Waals surface area contributed by atoms with Crippen molar-refractivity contribution in [3.8, 4) is 11.5 Å². The van der Waals surface area contributed by atoms with E-state index < -0.39 is 0 Å². The number of hydrogen-bond donors (Lipinski definition) is 1. The molecule has 0 aromatic heterocycles. The van der Waals surface area contributed by atoms with Gasteiger partial charge in [-0.3, -0.25) is 9.59 Å². The van der Waals surface area contributed by atoms with Crippen LogP contribution in [0.5, 0.6) is 11.5 Å². The fraction of sp³-hybridized carbons (Fsp3) is 0.176. The van der Waals surface area contributed by atoms with E-state index in [-0.39, 0.29) is 12.5 Å². The average molecular weight is 299 g/mol. The lowest BCUT2D eigenvalue weighted by Crippen LogP contribution is -2.20. The quantitative estimate of drug-likeness (QED) is 0.798. The average Bonchev–Trinajstić information content (AvgIpc) is 2.55. The molecular weight excluding hydrogens is 282 g/mol. The van der Waals surface area contributed by atoms with Crippen molar-refractivity contribution in [1.29, 1.82) is 0 Å². The van der Waals surface area contributed by atoms with Gasteiger partial charge in [-0.2, -0.15) is 0 Å². The zero-order valence-corrected chi connectivity index (χ0v) is 12.2. The number of nitrogens with one attached hydrogen (secondary N) is 1. The maximum Gasteiger partial charge on any atom is 0.262 e. The van der Waals surface area contributed by atoms with Crippen molar-refractivity contribution < 1.29 is 19.1 Å². The van der Waals surface area contributed by atoms with E-state index in [0.29, 0.717) is 23.6 Å². The Morgan fingerprint density at radius 3 is 2.55 bits per heavy atom. The highest BCUT2D eigenvalue weighted by Gasteiger charge is 2.04. The predicted molar refractivity (Wildman–Crippen MR) is 83.6 cm³/mol. The summed E-state index contributed by atoms with van der Waals surface area (Å²) in [6.45, 7) is 2.38. The summed E-state index contributed by atoms with van der Waals surface area (Å²) in [5, 5.41) is 2.72. The van der Waals surface area contributed by atoms with Crippen LogP contribution < -0.4 is 14.8 Å². The summed E-state index contributed by atoms with van der Waals surface area (Å²) < 4.78 is 10.7. The van der Waals surface area contributed by atoms with Crippen LogP contribution in [0.15, 0.2) is 48.5 Å². The number of anilines is 1. The van der Waals surface area contributed by atoms with Crippen LogP contribution in [0, 0.1) is 0 Å². The maximum atomic E-state index is 11.8. The lowest BCUT2D eigenvalue weighted by Gasteiger charge is -2.08. The van der Waals surface area contributed by atoms with Gasteiger partial charge in [0.2, 0.25) is 0 Å². The molecule has 2 aromatic rings. The Morgan fingerprint density at radius 1 is 1.09 bits per heavy atom. The van der Waals surface area contributed by atoms with Gasteiger partial charge >= 0.3 is 0 Å². The molecule has 0 heterocycles. The summed E-state index contributed by atoms with van der Waals surface area (Å²) in [4.78, 5) is 22.5. The molecule has 0 radical (unpaired) electrons. The van der Waals surface area contributed by atoms with E-state index in [2.05, 4.69) is 5.32 Å². The van der Waals surface area contributed by atoms with Gasteiger partial charge in [0.25, 0.3) is 5.91 Å². The number of benzene rings is 2. The van der Waals surface area contributed by atoms with Crippen molar-refractivity contribution in [2.45, 2.75) is 6.92 Å². The Labute approximate surface area is 128 Å². The van der Waals surface area contributed by atoms with E-state index >= 15 is 0 Å².